The molecule has 2 N–H and O–H groups in total. The van der Waals surface area contributed by atoms with Gasteiger partial charge in [0.1, 0.15) is 11.2 Å². The van der Waals surface area contributed by atoms with Gasteiger partial charge in [0.25, 0.3) is 0 Å². The van der Waals surface area contributed by atoms with Crippen LogP contribution in [0.25, 0.3) is 4.85 Å². The summed E-state index contributed by atoms with van der Waals surface area (Å²) in [6.45, 7) is 15.8. The van der Waals surface area contributed by atoms with E-state index in [-0.39, 0.29) is 11.3 Å². The van der Waals surface area contributed by atoms with Crippen LogP contribution in [0.1, 0.15) is 52.7 Å². The lowest BCUT2D eigenvalue weighted by atomic mass is 10.0. The molecular weight excluding hydrogens is 391 g/mol. The lowest BCUT2D eigenvalue weighted by Gasteiger charge is -2.29. The SMILES string of the molecule is [C-]#[N+]c1c(CN(C(=O)OC(C)(C)C)C(=O)OC(C)(C)C)cc(N)cc1C(F)(F)F. The minimum atomic E-state index is -4.84. The van der Waals surface area contributed by atoms with Crippen molar-refractivity contribution in [1.29, 1.82) is 0 Å². The maximum Gasteiger partial charge on any atom is 0.420 e. The normalized spacial score (nSPS) is 12.1. The van der Waals surface area contributed by atoms with Gasteiger partial charge in [0.15, 0.2) is 0 Å². The van der Waals surface area contributed by atoms with Gasteiger partial charge in [-0.3, -0.25) is 0 Å². The van der Waals surface area contributed by atoms with Crippen molar-refractivity contribution >= 4 is 23.6 Å². The van der Waals surface area contributed by atoms with Crippen LogP contribution >= 0.6 is 0 Å². The van der Waals surface area contributed by atoms with Crippen LogP contribution in [-0.2, 0) is 22.2 Å². The summed E-state index contributed by atoms with van der Waals surface area (Å²) in [6.07, 6.45) is -7.09. The standard InChI is InChI=1S/C19H24F3N3O4/c1-17(2,3)28-15(26)25(16(27)29-18(4,5)6)10-11-8-12(23)9-13(14(11)24-7)19(20,21)22/h8-9H,10,23H2,1-6H3. The van der Waals surface area contributed by atoms with Crippen LogP contribution in [0, 0.1) is 6.57 Å². The number of amides is 2. The highest BCUT2D eigenvalue weighted by atomic mass is 19.4. The van der Waals surface area contributed by atoms with E-state index in [9.17, 15) is 22.8 Å². The Morgan fingerprint density at radius 3 is 1.83 bits per heavy atom. The van der Waals surface area contributed by atoms with Crippen molar-refractivity contribution in [2.24, 2.45) is 0 Å². The minimum absolute atomic E-state index is 0.260. The van der Waals surface area contributed by atoms with E-state index in [1.807, 2.05) is 0 Å². The first kappa shape index (κ1) is 24.1. The summed E-state index contributed by atoms with van der Waals surface area (Å²) >= 11 is 0. The van der Waals surface area contributed by atoms with Crippen LogP contribution in [0.15, 0.2) is 12.1 Å². The fraction of sp³-hybridized carbons (Fsp3) is 0.526. The minimum Gasteiger partial charge on any atom is -0.443 e. The Bertz CT molecular complexity index is 803. The predicted molar refractivity (Wildman–Crippen MR) is 100 cm³/mol. The molecule has 7 nitrogen and oxygen atoms in total. The molecule has 0 unspecified atom stereocenters. The van der Waals surface area contributed by atoms with Crippen molar-refractivity contribution < 1.29 is 32.2 Å². The lowest BCUT2D eigenvalue weighted by molar-refractivity contribution is -0.136. The Hall–Kier alpha value is -2.96. The number of nitrogen functional groups attached to an aromatic ring is 1. The molecule has 10 heteroatoms. The van der Waals surface area contributed by atoms with Gasteiger partial charge in [0.05, 0.1) is 18.7 Å². The van der Waals surface area contributed by atoms with E-state index in [1.165, 1.54) is 0 Å². The predicted octanol–water partition coefficient (Wildman–Crippen LogP) is 5.51. The molecule has 1 aromatic rings. The third kappa shape index (κ3) is 7.18. The van der Waals surface area contributed by atoms with Crippen molar-refractivity contribution in [2.75, 3.05) is 5.73 Å². The van der Waals surface area contributed by atoms with Crippen molar-refractivity contribution in [3.8, 4) is 0 Å². The summed E-state index contributed by atoms with van der Waals surface area (Å²) in [7, 11) is 0. The van der Waals surface area contributed by atoms with Gasteiger partial charge in [-0.2, -0.15) is 13.2 Å². The molecule has 0 aliphatic rings. The number of nitrogens with two attached hydrogens (primary N) is 1. The fourth-order valence-electron chi connectivity index (χ4n) is 2.20. The highest BCUT2D eigenvalue weighted by Gasteiger charge is 2.37. The monoisotopic (exact) mass is 415 g/mol. The molecule has 0 bridgehead atoms. The quantitative estimate of drug-likeness (QED) is 0.508. The first-order chi connectivity index (χ1) is 12.9. The number of anilines is 1. The van der Waals surface area contributed by atoms with Gasteiger partial charge in [-0.25, -0.2) is 19.3 Å². The van der Waals surface area contributed by atoms with Crippen LogP contribution in [-0.4, -0.2) is 28.3 Å². The summed E-state index contributed by atoms with van der Waals surface area (Å²) in [5.74, 6) is 0. The van der Waals surface area contributed by atoms with Crippen molar-refractivity contribution in [3.63, 3.8) is 0 Å². The molecule has 0 heterocycles. The van der Waals surface area contributed by atoms with Crippen molar-refractivity contribution in [3.05, 3.63) is 34.7 Å². The van der Waals surface area contributed by atoms with Crippen LogP contribution in [0.3, 0.4) is 0 Å². The first-order valence-corrected chi connectivity index (χ1v) is 8.55. The van der Waals surface area contributed by atoms with E-state index in [2.05, 4.69) is 4.85 Å². The number of nitrogens with zero attached hydrogens (tertiary/aromatic N) is 2. The number of carbonyl (C=O) groups excluding carboxylic acids is 2. The highest BCUT2D eigenvalue weighted by molar-refractivity contribution is 5.88. The molecule has 29 heavy (non-hydrogen) atoms. The third-order valence-electron chi connectivity index (χ3n) is 3.18. The van der Waals surface area contributed by atoms with E-state index >= 15 is 0 Å². The molecule has 0 spiro atoms. The molecule has 0 aliphatic heterocycles. The summed E-state index contributed by atoms with van der Waals surface area (Å²) < 4.78 is 50.2. The fourth-order valence-corrected chi connectivity index (χ4v) is 2.20. The van der Waals surface area contributed by atoms with E-state index in [0.717, 1.165) is 6.07 Å². The van der Waals surface area contributed by atoms with Crippen LogP contribution < -0.4 is 5.73 Å². The smallest absolute Gasteiger partial charge is 0.420 e. The Kier molecular flexibility index (Phi) is 6.80. The topological polar surface area (TPSA) is 86.2 Å². The number of rotatable bonds is 2. The second-order valence-corrected chi connectivity index (χ2v) is 8.23. The maximum atomic E-state index is 13.3. The number of benzene rings is 1. The number of hydrogen-bond acceptors (Lipinski definition) is 5. The number of alkyl halides is 3. The lowest BCUT2D eigenvalue weighted by Crippen LogP contribution is -2.43. The van der Waals surface area contributed by atoms with E-state index in [0.29, 0.717) is 11.0 Å². The van der Waals surface area contributed by atoms with Gasteiger partial charge in [-0.15, -0.1) is 0 Å². The molecule has 0 atom stereocenters. The van der Waals surface area contributed by atoms with Crippen LogP contribution in [0.4, 0.5) is 34.1 Å². The molecule has 1 rings (SSSR count). The summed E-state index contributed by atoms with van der Waals surface area (Å²) in [4.78, 5) is 28.5. The Morgan fingerprint density at radius 1 is 1.03 bits per heavy atom. The van der Waals surface area contributed by atoms with Gasteiger partial charge in [-0.1, -0.05) is 0 Å². The molecule has 0 fully saturated rings. The average molecular weight is 415 g/mol. The number of ether oxygens (including phenoxy) is 2. The molecular formula is C19H24F3N3O4. The van der Waals surface area contributed by atoms with E-state index < -0.39 is 47.4 Å². The molecule has 0 aliphatic carbocycles. The molecule has 0 saturated carbocycles. The molecule has 1 aromatic carbocycles. The zero-order valence-electron chi connectivity index (χ0n) is 17.1. The molecule has 160 valence electrons. The van der Waals surface area contributed by atoms with Crippen LogP contribution in [0.5, 0.6) is 0 Å². The summed E-state index contributed by atoms with van der Waals surface area (Å²) in [5.41, 5.74) is 1.05. The van der Waals surface area contributed by atoms with Crippen molar-refractivity contribution in [1.82, 2.24) is 4.90 Å². The third-order valence-corrected chi connectivity index (χ3v) is 3.18. The Labute approximate surface area is 167 Å². The number of carbonyl (C=O) groups is 2. The van der Waals surface area contributed by atoms with E-state index in [1.54, 1.807) is 41.5 Å². The second-order valence-electron chi connectivity index (χ2n) is 8.23. The number of hydrogen-bond donors (Lipinski definition) is 1. The maximum absolute atomic E-state index is 13.3. The molecule has 0 radical (unpaired) electrons. The Balaban J connectivity index is 3.46. The molecule has 2 amide bonds. The van der Waals surface area contributed by atoms with Gasteiger partial charge < -0.3 is 15.2 Å². The summed E-state index contributed by atoms with van der Waals surface area (Å²) in [5, 5.41) is 0. The van der Waals surface area contributed by atoms with Gasteiger partial charge in [0, 0.05) is 5.69 Å². The molecule has 0 aromatic heterocycles. The Morgan fingerprint density at radius 2 is 1.48 bits per heavy atom. The summed E-state index contributed by atoms with van der Waals surface area (Å²) in [6, 6.07) is 1.73. The molecule has 0 saturated heterocycles. The van der Waals surface area contributed by atoms with Gasteiger partial charge in [0.2, 0.25) is 5.69 Å². The number of halogens is 3. The first-order valence-electron chi connectivity index (χ1n) is 8.55. The van der Waals surface area contributed by atoms with Gasteiger partial charge in [-0.05, 0) is 59.2 Å². The second kappa shape index (κ2) is 8.19. The average Bonchev–Trinajstić information content (AvgIpc) is 2.47. The zero-order chi connectivity index (χ0) is 22.8. The zero-order valence-corrected chi connectivity index (χ0v) is 17.1. The van der Waals surface area contributed by atoms with Crippen molar-refractivity contribution in [2.45, 2.75) is 65.5 Å². The van der Waals surface area contributed by atoms with E-state index in [4.69, 9.17) is 21.8 Å². The highest BCUT2D eigenvalue weighted by Crippen LogP contribution is 2.40. The number of imide groups is 1. The van der Waals surface area contributed by atoms with Gasteiger partial charge >= 0.3 is 18.4 Å². The largest absolute Gasteiger partial charge is 0.443 e. The van der Waals surface area contributed by atoms with Crippen LogP contribution in [0.2, 0.25) is 0 Å².